The van der Waals surface area contributed by atoms with Gasteiger partial charge in [0, 0.05) is 0 Å². The molecule has 0 N–H and O–H groups in total. The molecular weight excluding hydrogens is 168 g/mol. The molecule has 3 heteroatoms. The minimum Gasteiger partial charge on any atom is -0.471 e. The number of carbonyl (C=O) groups excluding carboxylic acids is 2. The number of ether oxygens (including phenoxy) is 1. The molecule has 0 aromatic carbocycles. The predicted molar refractivity (Wildman–Crippen MR) is 50.2 cm³/mol. The minimum absolute atomic E-state index is 0.375. The van der Waals surface area contributed by atoms with Crippen LogP contribution in [0.3, 0.4) is 0 Å². The van der Waals surface area contributed by atoms with Crippen LogP contribution in [0.5, 0.6) is 0 Å². The fourth-order valence-electron chi connectivity index (χ4n) is 1.72. The van der Waals surface area contributed by atoms with Crippen molar-refractivity contribution < 1.29 is 14.3 Å². The zero-order valence-corrected chi connectivity index (χ0v) is 7.94. The van der Waals surface area contributed by atoms with Gasteiger partial charge in [-0.05, 0) is 31.1 Å². The van der Waals surface area contributed by atoms with Crippen LogP contribution in [0, 0.1) is 11.8 Å². The number of carbonyl (C=O) groups is 2. The van der Waals surface area contributed by atoms with Crippen molar-refractivity contribution in [1.29, 1.82) is 0 Å². The Morgan fingerprint density at radius 3 is 1.77 bits per heavy atom. The summed E-state index contributed by atoms with van der Waals surface area (Å²) in [6.07, 6.45) is 9.19. The quantitative estimate of drug-likeness (QED) is 0.459. The fourth-order valence-corrected chi connectivity index (χ4v) is 1.72. The summed E-state index contributed by atoms with van der Waals surface area (Å²) in [5, 5.41) is 0. The third kappa shape index (κ3) is 4.45. The molecule has 2 aliphatic rings. The second-order valence-electron chi connectivity index (χ2n) is 3.05. The lowest BCUT2D eigenvalue weighted by atomic mass is 10.1. The van der Waals surface area contributed by atoms with Crippen LogP contribution in [-0.4, -0.2) is 20.4 Å². The van der Waals surface area contributed by atoms with Crippen molar-refractivity contribution in [2.75, 3.05) is 7.11 Å². The molecule has 2 unspecified atom stereocenters. The Labute approximate surface area is 78.8 Å². The predicted octanol–water partition coefficient (Wildman–Crippen LogP) is 1.58. The molecule has 0 radical (unpaired) electrons. The van der Waals surface area contributed by atoms with Gasteiger partial charge in [-0.3, -0.25) is 4.79 Å². The normalized spacial score (nSPS) is 26.5. The Kier molecular flexibility index (Phi) is 6.88. The van der Waals surface area contributed by atoms with Gasteiger partial charge < -0.3 is 9.53 Å². The van der Waals surface area contributed by atoms with E-state index in [-0.39, 0.29) is 0 Å². The molecule has 0 aromatic rings. The van der Waals surface area contributed by atoms with Crippen LogP contribution in [0.2, 0.25) is 0 Å². The van der Waals surface area contributed by atoms with Crippen LogP contribution in [0.4, 0.5) is 0 Å². The SMILES string of the molecule is C1=CC2CCC1C2.C=O.COC=O. The topological polar surface area (TPSA) is 43.4 Å². The van der Waals surface area contributed by atoms with Gasteiger partial charge in [-0.25, -0.2) is 0 Å². The molecule has 1 fully saturated rings. The second kappa shape index (κ2) is 7.53. The van der Waals surface area contributed by atoms with Gasteiger partial charge in [0.25, 0.3) is 6.47 Å². The van der Waals surface area contributed by atoms with Crippen LogP contribution >= 0.6 is 0 Å². The highest BCUT2D eigenvalue weighted by Gasteiger charge is 2.25. The summed E-state index contributed by atoms with van der Waals surface area (Å²) in [5.41, 5.74) is 0. The number of rotatable bonds is 1. The highest BCUT2D eigenvalue weighted by Crippen LogP contribution is 2.38. The maximum absolute atomic E-state index is 8.95. The minimum atomic E-state index is 0.375. The van der Waals surface area contributed by atoms with Gasteiger partial charge in [-0.15, -0.1) is 0 Å². The van der Waals surface area contributed by atoms with E-state index < -0.39 is 0 Å². The van der Waals surface area contributed by atoms with Crippen molar-refractivity contribution in [3.05, 3.63) is 12.2 Å². The molecule has 0 amide bonds. The zero-order chi connectivity index (χ0) is 10.1. The van der Waals surface area contributed by atoms with E-state index in [2.05, 4.69) is 16.9 Å². The first-order chi connectivity index (χ1) is 6.36. The van der Waals surface area contributed by atoms with E-state index in [1.54, 1.807) is 0 Å². The third-order valence-corrected chi connectivity index (χ3v) is 2.27. The summed E-state index contributed by atoms with van der Waals surface area (Å²) in [5.74, 6) is 1.98. The smallest absolute Gasteiger partial charge is 0.292 e. The van der Waals surface area contributed by atoms with E-state index >= 15 is 0 Å². The van der Waals surface area contributed by atoms with Crippen LogP contribution < -0.4 is 0 Å². The lowest BCUT2D eigenvalue weighted by Gasteiger charge is -1.96. The first-order valence-electron chi connectivity index (χ1n) is 4.30. The molecule has 2 aliphatic carbocycles. The van der Waals surface area contributed by atoms with E-state index in [0.717, 1.165) is 11.8 Å². The molecule has 0 heterocycles. The maximum Gasteiger partial charge on any atom is 0.292 e. The van der Waals surface area contributed by atoms with Gasteiger partial charge in [-0.2, -0.15) is 0 Å². The van der Waals surface area contributed by atoms with Crippen molar-refractivity contribution >= 4 is 13.3 Å². The van der Waals surface area contributed by atoms with Crippen molar-refractivity contribution in [1.82, 2.24) is 0 Å². The summed E-state index contributed by atoms with van der Waals surface area (Å²) < 4.78 is 3.86. The lowest BCUT2D eigenvalue weighted by molar-refractivity contribution is -0.126. The Bertz CT molecular complexity index is 154. The lowest BCUT2D eigenvalue weighted by Crippen LogP contribution is -1.82. The Balaban J connectivity index is 0.000000211. The monoisotopic (exact) mass is 184 g/mol. The average molecular weight is 184 g/mol. The number of allylic oxidation sites excluding steroid dienone is 2. The molecule has 0 aromatic heterocycles. The number of methoxy groups -OCH3 is 1. The van der Waals surface area contributed by atoms with Crippen LogP contribution in [-0.2, 0) is 14.3 Å². The summed E-state index contributed by atoms with van der Waals surface area (Å²) in [7, 11) is 1.31. The van der Waals surface area contributed by atoms with Crippen molar-refractivity contribution in [2.45, 2.75) is 19.3 Å². The van der Waals surface area contributed by atoms with Crippen molar-refractivity contribution in [3.8, 4) is 0 Å². The molecular formula is C10H16O3. The fraction of sp³-hybridized carbons (Fsp3) is 0.600. The average Bonchev–Trinajstić information content (AvgIpc) is 2.85. The Morgan fingerprint density at radius 1 is 1.31 bits per heavy atom. The van der Waals surface area contributed by atoms with Crippen LogP contribution in [0.1, 0.15) is 19.3 Å². The largest absolute Gasteiger partial charge is 0.471 e. The van der Waals surface area contributed by atoms with Gasteiger partial charge in [-0.1, -0.05) is 12.2 Å². The third-order valence-electron chi connectivity index (χ3n) is 2.27. The summed E-state index contributed by atoms with van der Waals surface area (Å²) >= 11 is 0. The summed E-state index contributed by atoms with van der Waals surface area (Å²) in [6.45, 7) is 2.38. The van der Waals surface area contributed by atoms with Gasteiger partial charge >= 0.3 is 0 Å². The molecule has 3 nitrogen and oxygen atoms in total. The number of fused-ring (bicyclic) bond motifs is 2. The molecule has 1 saturated carbocycles. The van der Waals surface area contributed by atoms with Crippen molar-refractivity contribution in [2.24, 2.45) is 11.8 Å². The molecule has 2 rings (SSSR count). The molecule has 2 atom stereocenters. The zero-order valence-electron chi connectivity index (χ0n) is 7.94. The highest BCUT2D eigenvalue weighted by atomic mass is 16.5. The Morgan fingerprint density at radius 2 is 1.69 bits per heavy atom. The highest BCUT2D eigenvalue weighted by molar-refractivity contribution is 5.36. The molecule has 74 valence electrons. The van der Waals surface area contributed by atoms with Gasteiger partial charge in [0.1, 0.15) is 6.79 Å². The molecule has 13 heavy (non-hydrogen) atoms. The van der Waals surface area contributed by atoms with Crippen LogP contribution in [0.15, 0.2) is 12.2 Å². The van der Waals surface area contributed by atoms with Crippen molar-refractivity contribution in [3.63, 3.8) is 0 Å². The van der Waals surface area contributed by atoms with E-state index in [1.807, 2.05) is 6.79 Å². The first kappa shape index (κ1) is 11.9. The van der Waals surface area contributed by atoms with Gasteiger partial charge in [0.05, 0.1) is 7.11 Å². The molecule has 0 aliphatic heterocycles. The standard InChI is InChI=1S/C7H10.C2H4O2.CH2O/c1-2-7-4-3-6(1)5-7;1-4-2-3;1-2/h1-2,6-7H,3-5H2;2H,1H3;1H2. The Hall–Kier alpha value is -1.12. The first-order valence-corrected chi connectivity index (χ1v) is 4.30. The number of hydrogen-bond donors (Lipinski definition) is 0. The van der Waals surface area contributed by atoms with Crippen LogP contribution in [0.25, 0.3) is 0 Å². The summed E-state index contributed by atoms with van der Waals surface area (Å²) in [6, 6.07) is 0. The van der Waals surface area contributed by atoms with E-state index in [0.29, 0.717) is 6.47 Å². The van der Waals surface area contributed by atoms with Gasteiger partial charge in [0.2, 0.25) is 0 Å². The summed E-state index contributed by atoms with van der Waals surface area (Å²) in [4.78, 5) is 17.0. The number of hydrogen-bond acceptors (Lipinski definition) is 3. The van der Waals surface area contributed by atoms with E-state index in [1.165, 1.54) is 26.4 Å². The maximum atomic E-state index is 8.95. The van der Waals surface area contributed by atoms with E-state index in [9.17, 15) is 0 Å². The van der Waals surface area contributed by atoms with E-state index in [4.69, 9.17) is 9.59 Å². The van der Waals surface area contributed by atoms with Gasteiger partial charge in [0.15, 0.2) is 0 Å². The molecule has 0 spiro atoms. The molecule has 0 saturated heterocycles. The second-order valence-corrected chi connectivity index (χ2v) is 3.05. The molecule has 2 bridgehead atoms.